The van der Waals surface area contributed by atoms with Crippen LogP contribution < -0.4 is 14.9 Å². The van der Waals surface area contributed by atoms with Gasteiger partial charge in [0.2, 0.25) is 17.6 Å². The molecule has 3 aromatic rings. The molecule has 6 atom stereocenters. The summed E-state index contributed by atoms with van der Waals surface area (Å²) in [6, 6.07) is 15.4. The molecular weight excluding hydrogens is 689 g/mol. The molecule has 1 saturated carbocycles. The number of rotatable bonds is 7. The van der Waals surface area contributed by atoms with Crippen molar-refractivity contribution in [3.05, 3.63) is 100 Å². The van der Waals surface area contributed by atoms with Crippen LogP contribution in [0.5, 0.6) is 17.2 Å². The van der Waals surface area contributed by atoms with E-state index in [0.717, 1.165) is 10.6 Å². The number of anilines is 1. The zero-order chi connectivity index (χ0) is 37.3. The Balaban J connectivity index is 1.44. The Hall–Kier alpha value is -5.16. The van der Waals surface area contributed by atoms with Crippen LogP contribution in [0.4, 0.5) is 10.1 Å². The first-order valence-electron chi connectivity index (χ1n) is 17.1. The summed E-state index contributed by atoms with van der Waals surface area (Å²) < 4.78 is 24.6. The van der Waals surface area contributed by atoms with Crippen molar-refractivity contribution in [2.24, 2.45) is 29.6 Å². The Kier molecular flexibility index (Phi) is 8.68. The lowest BCUT2D eigenvalue weighted by atomic mass is 9.50. The Morgan fingerprint density at radius 1 is 0.923 bits per heavy atom. The number of methoxy groups -OCH3 is 2. The smallest absolute Gasteiger partial charge is 0.260 e. The van der Waals surface area contributed by atoms with Gasteiger partial charge in [-0.15, -0.1) is 0 Å². The second kappa shape index (κ2) is 12.8. The van der Waals surface area contributed by atoms with Gasteiger partial charge in [0.05, 0.1) is 43.1 Å². The maximum atomic E-state index is 15.2. The number of hydrazine groups is 1. The van der Waals surface area contributed by atoms with Crippen LogP contribution in [0.15, 0.2) is 78.4 Å². The predicted molar refractivity (Wildman–Crippen MR) is 192 cm³/mol. The molecule has 3 fully saturated rings. The van der Waals surface area contributed by atoms with Gasteiger partial charge >= 0.3 is 0 Å². The van der Waals surface area contributed by atoms with Gasteiger partial charge in [-0.1, -0.05) is 47.5 Å². The minimum atomic E-state index is -1.51. The van der Waals surface area contributed by atoms with Gasteiger partial charge in [0, 0.05) is 16.5 Å². The monoisotopic (exact) mass is 727 g/mol. The largest absolute Gasteiger partial charge is 0.502 e. The number of ether oxygens (including phenoxy) is 2. The zero-order valence-corrected chi connectivity index (χ0v) is 30.1. The number of aromatic hydroxyl groups is 1. The van der Waals surface area contributed by atoms with E-state index in [1.54, 1.807) is 42.5 Å². The molecular formula is C40H39ClFN3O7. The molecule has 10 nitrogen and oxygen atoms in total. The number of likely N-dealkylation sites (tertiary alicyclic amines) is 1. The molecule has 2 N–H and O–H groups in total. The molecule has 4 amide bonds. The van der Waals surface area contributed by atoms with Crippen molar-refractivity contribution < 1.29 is 38.1 Å². The van der Waals surface area contributed by atoms with Gasteiger partial charge < -0.3 is 14.6 Å². The number of nitrogens with zero attached hydrogens (tertiary/aromatic N) is 2. The van der Waals surface area contributed by atoms with Gasteiger partial charge in [-0.25, -0.2) is 4.39 Å². The van der Waals surface area contributed by atoms with Crippen molar-refractivity contribution in [1.29, 1.82) is 0 Å². The molecule has 4 aliphatic rings. The van der Waals surface area contributed by atoms with E-state index in [2.05, 4.69) is 5.43 Å². The van der Waals surface area contributed by atoms with E-state index in [-0.39, 0.29) is 35.5 Å². The van der Waals surface area contributed by atoms with Crippen LogP contribution in [-0.4, -0.2) is 58.4 Å². The number of phenolic OH excluding ortho intramolecular Hbond substituents is 1. The lowest BCUT2D eigenvalue weighted by molar-refractivity contribution is -0.146. The highest BCUT2D eigenvalue weighted by Gasteiger charge is 2.70. The molecule has 6 unspecified atom stereocenters. The first-order valence-corrected chi connectivity index (χ1v) is 17.5. The van der Waals surface area contributed by atoms with Crippen molar-refractivity contribution in [3.8, 4) is 17.2 Å². The molecule has 0 aromatic heterocycles. The van der Waals surface area contributed by atoms with Crippen molar-refractivity contribution in [1.82, 2.24) is 9.91 Å². The summed E-state index contributed by atoms with van der Waals surface area (Å²) in [6.07, 6.45) is 6.01. The van der Waals surface area contributed by atoms with E-state index < -0.39 is 58.2 Å². The van der Waals surface area contributed by atoms with Gasteiger partial charge in [-0.2, -0.15) is 5.01 Å². The molecule has 2 aliphatic carbocycles. The van der Waals surface area contributed by atoms with Crippen molar-refractivity contribution in [2.75, 3.05) is 19.6 Å². The van der Waals surface area contributed by atoms with E-state index in [9.17, 15) is 23.9 Å². The average molecular weight is 728 g/mol. The van der Waals surface area contributed by atoms with E-state index in [1.165, 1.54) is 43.4 Å². The topological polar surface area (TPSA) is 125 Å². The molecule has 0 spiro atoms. The SMILES string of the molecule is COc1cc(C=CC2C3=CCC4C(=O)N(C(C)(C)C)C(=O)C4C3CC3C(=O)N(Nc4ccc(F)cc4)C(=O)C23c2ccc(Cl)cc2)cc(OC)c1O. The quantitative estimate of drug-likeness (QED) is 0.208. The highest BCUT2D eigenvalue weighted by atomic mass is 35.5. The fraction of sp³-hybridized carbons (Fsp3) is 0.350. The van der Waals surface area contributed by atoms with Crippen molar-refractivity contribution >= 4 is 47.0 Å². The Labute approximate surface area is 305 Å². The fourth-order valence-electron chi connectivity index (χ4n) is 8.78. The van der Waals surface area contributed by atoms with Gasteiger partial charge in [0.15, 0.2) is 11.5 Å². The van der Waals surface area contributed by atoms with Crippen molar-refractivity contribution in [2.45, 2.75) is 44.6 Å². The minimum Gasteiger partial charge on any atom is -0.502 e. The van der Waals surface area contributed by atoms with E-state index in [0.29, 0.717) is 28.3 Å². The fourth-order valence-corrected chi connectivity index (χ4v) is 8.91. The molecule has 2 saturated heterocycles. The Bertz CT molecular complexity index is 2020. The number of allylic oxidation sites excluding steroid dienone is 3. The number of amides is 4. The van der Waals surface area contributed by atoms with E-state index in [4.69, 9.17) is 21.1 Å². The third-order valence-electron chi connectivity index (χ3n) is 11.0. The maximum Gasteiger partial charge on any atom is 0.260 e. The predicted octanol–water partition coefficient (Wildman–Crippen LogP) is 6.53. The zero-order valence-electron chi connectivity index (χ0n) is 29.4. The Morgan fingerprint density at radius 3 is 2.15 bits per heavy atom. The number of carbonyl (C=O) groups is 4. The highest BCUT2D eigenvalue weighted by Crippen LogP contribution is 2.62. The van der Waals surface area contributed by atoms with Gasteiger partial charge in [-0.05, 0) is 99.2 Å². The number of nitrogens with one attached hydrogen (secondary N) is 1. The molecule has 270 valence electrons. The van der Waals surface area contributed by atoms with E-state index >= 15 is 4.79 Å². The van der Waals surface area contributed by atoms with Gasteiger partial charge in [-0.3, -0.25) is 29.5 Å². The normalized spacial score (nSPS) is 27.1. The van der Waals surface area contributed by atoms with Crippen LogP contribution in [0.25, 0.3) is 6.08 Å². The number of imide groups is 2. The van der Waals surface area contributed by atoms with Gasteiger partial charge in [0.25, 0.3) is 11.8 Å². The number of hydrogen-bond donors (Lipinski definition) is 2. The summed E-state index contributed by atoms with van der Waals surface area (Å²) in [6.45, 7) is 5.47. The van der Waals surface area contributed by atoms with Crippen molar-refractivity contribution in [3.63, 3.8) is 0 Å². The molecule has 2 heterocycles. The summed E-state index contributed by atoms with van der Waals surface area (Å²) in [7, 11) is 2.84. The molecule has 7 rings (SSSR count). The summed E-state index contributed by atoms with van der Waals surface area (Å²) >= 11 is 6.36. The second-order valence-electron chi connectivity index (χ2n) is 14.7. The maximum absolute atomic E-state index is 15.2. The van der Waals surface area contributed by atoms with Crippen LogP contribution in [0.3, 0.4) is 0 Å². The summed E-state index contributed by atoms with van der Waals surface area (Å²) in [5.74, 6) is -5.49. The molecule has 0 radical (unpaired) electrons. The van der Waals surface area contributed by atoms with Gasteiger partial charge in [0.1, 0.15) is 5.82 Å². The first kappa shape index (κ1) is 35.3. The number of halogens is 2. The molecule has 52 heavy (non-hydrogen) atoms. The van der Waals surface area contributed by atoms with Crippen LogP contribution >= 0.6 is 11.6 Å². The molecule has 3 aromatic carbocycles. The third-order valence-corrected chi connectivity index (χ3v) is 11.2. The van der Waals surface area contributed by atoms with Crippen LogP contribution in [0.2, 0.25) is 5.02 Å². The lowest BCUT2D eigenvalue weighted by Crippen LogP contribution is -2.54. The standard InChI is InChI=1S/C40H39ClFN3O7/c1-39(2,3)44-35(47)27-16-15-26-28(33(27)37(44)49)20-30-36(48)45(43-25-13-11-24(42)12-14-25)38(50)40(30,22-7-9-23(41)10-8-22)29(26)17-6-21-18-31(51-4)34(46)32(19-21)52-5/h6-15,17-19,27-30,33,43,46H,16,20H2,1-5H3. The number of hydrogen-bond acceptors (Lipinski definition) is 8. The number of benzene rings is 3. The average Bonchev–Trinajstić information content (AvgIpc) is 3.50. The second-order valence-corrected chi connectivity index (χ2v) is 15.2. The number of phenols is 1. The van der Waals surface area contributed by atoms with Crippen LogP contribution in [0, 0.1) is 35.4 Å². The van der Waals surface area contributed by atoms with E-state index in [1.807, 2.05) is 32.9 Å². The molecule has 2 aliphatic heterocycles. The first-order chi connectivity index (χ1) is 24.7. The summed E-state index contributed by atoms with van der Waals surface area (Å²) in [5, 5.41) is 12.0. The minimum absolute atomic E-state index is 0.129. The number of fused-ring (bicyclic) bond motifs is 4. The molecule has 12 heteroatoms. The highest BCUT2D eigenvalue weighted by molar-refractivity contribution is 6.30. The molecule has 0 bridgehead atoms. The summed E-state index contributed by atoms with van der Waals surface area (Å²) in [4.78, 5) is 59.3. The third kappa shape index (κ3) is 5.36. The summed E-state index contributed by atoms with van der Waals surface area (Å²) in [5.41, 5.74) is 2.91. The van der Waals surface area contributed by atoms with Crippen LogP contribution in [-0.2, 0) is 24.6 Å². The lowest BCUT2D eigenvalue weighted by Gasteiger charge is -2.49. The van der Waals surface area contributed by atoms with Crippen LogP contribution in [0.1, 0.15) is 44.7 Å². The number of carbonyl (C=O) groups excluding carboxylic acids is 4. The Morgan fingerprint density at radius 2 is 1.56 bits per heavy atom.